The summed E-state index contributed by atoms with van der Waals surface area (Å²) in [5, 5.41) is 0. The van der Waals surface area contributed by atoms with Crippen molar-refractivity contribution in [3.63, 3.8) is 0 Å². The molecule has 0 saturated carbocycles. The van der Waals surface area contributed by atoms with Gasteiger partial charge in [0.2, 0.25) is 0 Å². The molecule has 1 aliphatic rings. The van der Waals surface area contributed by atoms with Crippen molar-refractivity contribution in [1.29, 1.82) is 0 Å². The zero-order valence-corrected chi connectivity index (χ0v) is 14.7. The van der Waals surface area contributed by atoms with Gasteiger partial charge in [-0.25, -0.2) is 0 Å². The topological polar surface area (TPSA) is 26.0 Å². The Morgan fingerprint density at radius 1 is 1.00 bits per heavy atom. The van der Waals surface area contributed by atoms with Crippen LogP contribution in [0.25, 0.3) is 16.8 Å². The van der Waals surface area contributed by atoms with Gasteiger partial charge in [-0.15, -0.1) is 0 Å². The van der Waals surface area contributed by atoms with E-state index < -0.39 is 0 Å². The van der Waals surface area contributed by atoms with Crippen molar-refractivity contribution >= 4 is 21.6 Å². The molecular formula is C20H20BrN. The third kappa shape index (κ3) is 2.42. The fourth-order valence-corrected chi connectivity index (χ4v) is 3.32. The van der Waals surface area contributed by atoms with Gasteiger partial charge in [-0.05, 0) is 51.4 Å². The van der Waals surface area contributed by atoms with Crippen molar-refractivity contribution in [3.8, 4) is 11.1 Å². The van der Waals surface area contributed by atoms with Gasteiger partial charge in [0.15, 0.2) is 0 Å². The van der Waals surface area contributed by atoms with Gasteiger partial charge in [0.1, 0.15) is 0 Å². The van der Waals surface area contributed by atoms with Crippen LogP contribution in [0.5, 0.6) is 0 Å². The van der Waals surface area contributed by atoms with Crippen LogP contribution in [-0.4, -0.2) is 0 Å². The summed E-state index contributed by atoms with van der Waals surface area (Å²) in [4.78, 5) is 0. The van der Waals surface area contributed by atoms with Crippen molar-refractivity contribution in [3.05, 3.63) is 75.8 Å². The van der Waals surface area contributed by atoms with Crippen LogP contribution in [0.3, 0.4) is 0 Å². The van der Waals surface area contributed by atoms with E-state index in [-0.39, 0.29) is 5.41 Å². The summed E-state index contributed by atoms with van der Waals surface area (Å²) < 4.78 is 1.06. The Bertz CT molecular complexity index is 793. The Morgan fingerprint density at radius 3 is 2.41 bits per heavy atom. The van der Waals surface area contributed by atoms with E-state index >= 15 is 0 Å². The molecule has 2 aromatic rings. The molecule has 112 valence electrons. The molecule has 0 amide bonds. The minimum atomic E-state index is 0.0173. The van der Waals surface area contributed by atoms with E-state index in [1.165, 1.54) is 22.3 Å². The molecule has 0 radical (unpaired) electrons. The number of fused-ring (bicyclic) bond motifs is 3. The molecule has 0 aliphatic heterocycles. The third-order valence-corrected chi connectivity index (χ3v) is 4.67. The Kier molecular flexibility index (Phi) is 3.73. The second-order valence-electron chi connectivity index (χ2n) is 6.31. The molecule has 2 heteroatoms. The quantitative estimate of drug-likeness (QED) is 0.699. The number of nitrogens with two attached hydrogens (primary N) is 1. The molecule has 0 fully saturated rings. The minimum absolute atomic E-state index is 0.0173. The molecule has 3 rings (SSSR count). The van der Waals surface area contributed by atoms with Gasteiger partial charge in [-0.2, -0.15) is 0 Å². The summed E-state index contributed by atoms with van der Waals surface area (Å²) in [5.74, 6) is 0. The molecule has 1 nitrogen and oxygen atoms in total. The lowest BCUT2D eigenvalue weighted by Crippen LogP contribution is -2.15. The van der Waals surface area contributed by atoms with E-state index in [2.05, 4.69) is 72.2 Å². The highest BCUT2D eigenvalue weighted by Gasteiger charge is 2.35. The van der Waals surface area contributed by atoms with Crippen LogP contribution in [0.15, 0.2) is 59.1 Å². The Balaban J connectivity index is 2.12. The Morgan fingerprint density at radius 2 is 1.68 bits per heavy atom. The Labute approximate surface area is 140 Å². The molecular weight excluding hydrogens is 334 g/mol. The average molecular weight is 354 g/mol. The van der Waals surface area contributed by atoms with Gasteiger partial charge in [0, 0.05) is 11.1 Å². The standard InChI is InChI=1S/C20H20BrN/c1-13(21)8-11-19(22)14-9-10-16-15-6-4-5-7-17(15)20(2,3)18(16)12-14/h4-12H,22H2,1-3H3/b13-8+,19-11-. The van der Waals surface area contributed by atoms with Crippen LogP contribution in [0.1, 0.15) is 37.5 Å². The fraction of sp³-hybridized carbons (Fsp3) is 0.200. The van der Waals surface area contributed by atoms with Crippen molar-refractivity contribution in [2.75, 3.05) is 0 Å². The summed E-state index contributed by atoms with van der Waals surface area (Å²) in [6.07, 6.45) is 3.92. The number of halogens is 1. The Hall–Kier alpha value is -1.80. The number of benzene rings is 2. The monoisotopic (exact) mass is 353 g/mol. The number of allylic oxidation sites excluding steroid dienone is 3. The van der Waals surface area contributed by atoms with Crippen LogP contribution in [-0.2, 0) is 5.41 Å². The lowest BCUT2D eigenvalue weighted by molar-refractivity contribution is 0.660. The van der Waals surface area contributed by atoms with Crippen molar-refractivity contribution < 1.29 is 0 Å². The molecule has 2 N–H and O–H groups in total. The second-order valence-corrected chi connectivity index (χ2v) is 7.56. The molecule has 0 atom stereocenters. The smallest absolute Gasteiger partial charge is 0.0388 e. The number of hydrogen-bond donors (Lipinski definition) is 1. The minimum Gasteiger partial charge on any atom is -0.398 e. The normalized spacial score (nSPS) is 16.4. The number of hydrogen-bond acceptors (Lipinski definition) is 1. The van der Waals surface area contributed by atoms with Gasteiger partial charge in [-0.1, -0.05) is 72.3 Å². The summed E-state index contributed by atoms with van der Waals surface area (Å²) in [6, 6.07) is 15.2. The van der Waals surface area contributed by atoms with Crippen molar-refractivity contribution in [2.24, 2.45) is 5.73 Å². The van der Waals surface area contributed by atoms with Gasteiger partial charge in [-0.3, -0.25) is 0 Å². The van der Waals surface area contributed by atoms with E-state index in [1.807, 2.05) is 19.1 Å². The second kappa shape index (κ2) is 5.44. The fourth-order valence-electron chi connectivity index (χ4n) is 3.18. The van der Waals surface area contributed by atoms with E-state index in [1.54, 1.807) is 0 Å². The van der Waals surface area contributed by atoms with Crippen molar-refractivity contribution in [1.82, 2.24) is 0 Å². The summed E-state index contributed by atoms with van der Waals surface area (Å²) >= 11 is 3.42. The lowest BCUT2D eigenvalue weighted by atomic mass is 9.82. The predicted octanol–water partition coefficient (Wildman–Crippen LogP) is 5.59. The number of rotatable bonds is 2. The van der Waals surface area contributed by atoms with Gasteiger partial charge >= 0.3 is 0 Å². The van der Waals surface area contributed by atoms with Crippen molar-refractivity contribution in [2.45, 2.75) is 26.2 Å². The molecule has 0 aromatic heterocycles. The van der Waals surface area contributed by atoms with Crippen LogP contribution < -0.4 is 5.73 Å². The first kappa shape index (κ1) is 15.1. The van der Waals surface area contributed by atoms with Crippen LogP contribution in [0.4, 0.5) is 0 Å². The largest absolute Gasteiger partial charge is 0.398 e. The maximum atomic E-state index is 6.23. The van der Waals surface area contributed by atoms with E-state index in [0.717, 1.165) is 15.7 Å². The van der Waals surface area contributed by atoms with Crippen LogP contribution in [0.2, 0.25) is 0 Å². The van der Waals surface area contributed by atoms with E-state index in [9.17, 15) is 0 Å². The predicted molar refractivity (Wildman–Crippen MR) is 98.9 cm³/mol. The van der Waals surface area contributed by atoms with E-state index in [0.29, 0.717) is 0 Å². The SMILES string of the molecule is C/C(Br)=C\C=C(/N)c1ccc2c(c1)C(C)(C)c1ccccc1-2. The van der Waals surface area contributed by atoms with Gasteiger partial charge in [0.25, 0.3) is 0 Å². The molecule has 0 bridgehead atoms. The first-order valence-electron chi connectivity index (χ1n) is 7.45. The molecule has 1 aliphatic carbocycles. The molecule has 0 spiro atoms. The van der Waals surface area contributed by atoms with Crippen LogP contribution in [0, 0.1) is 0 Å². The van der Waals surface area contributed by atoms with Crippen LogP contribution >= 0.6 is 15.9 Å². The zero-order valence-electron chi connectivity index (χ0n) is 13.2. The lowest BCUT2D eigenvalue weighted by Gasteiger charge is -2.22. The molecule has 0 unspecified atom stereocenters. The molecule has 2 aromatic carbocycles. The van der Waals surface area contributed by atoms with E-state index in [4.69, 9.17) is 5.73 Å². The molecule has 22 heavy (non-hydrogen) atoms. The van der Waals surface area contributed by atoms with Gasteiger partial charge in [0.05, 0.1) is 0 Å². The maximum absolute atomic E-state index is 6.23. The third-order valence-electron chi connectivity index (χ3n) is 4.41. The highest BCUT2D eigenvalue weighted by atomic mass is 79.9. The first-order valence-corrected chi connectivity index (χ1v) is 8.25. The summed E-state index contributed by atoms with van der Waals surface area (Å²) in [7, 11) is 0. The maximum Gasteiger partial charge on any atom is 0.0388 e. The summed E-state index contributed by atoms with van der Waals surface area (Å²) in [6.45, 7) is 6.56. The zero-order chi connectivity index (χ0) is 15.9. The van der Waals surface area contributed by atoms with Gasteiger partial charge < -0.3 is 5.73 Å². The highest BCUT2D eigenvalue weighted by Crippen LogP contribution is 2.48. The summed E-state index contributed by atoms with van der Waals surface area (Å²) in [5.41, 5.74) is 13.5. The first-order chi connectivity index (χ1) is 10.4. The highest BCUT2D eigenvalue weighted by molar-refractivity contribution is 9.11. The molecule has 0 saturated heterocycles. The average Bonchev–Trinajstić information content (AvgIpc) is 2.73. The molecule has 0 heterocycles.